The van der Waals surface area contributed by atoms with Crippen LogP contribution in [0.1, 0.15) is 18.7 Å². The SMILES string of the molecule is O=C(CC1=C(O)CCn2c1nc1ccccc12)Nc1cc(F)ccc1F. The van der Waals surface area contributed by atoms with E-state index in [4.69, 9.17) is 0 Å². The molecule has 0 saturated heterocycles. The summed E-state index contributed by atoms with van der Waals surface area (Å²) in [4.78, 5) is 16.8. The van der Waals surface area contributed by atoms with Crippen LogP contribution < -0.4 is 5.32 Å². The number of carbonyl (C=O) groups excluding carboxylic acids is 1. The number of allylic oxidation sites excluding steroid dienone is 1. The molecule has 3 aromatic rings. The highest BCUT2D eigenvalue weighted by molar-refractivity contribution is 5.98. The standard InChI is InChI=1S/C19H15F2N3O2/c20-11-5-6-13(21)15(9-11)22-18(26)10-12-17(25)7-8-24-16-4-2-1-3-14(16)23-19(12)24/h1-6,9,25H,7-8,10H2,(H,22,26). The Morgan fingerprint density at radius 2 is 2.04 bits per heavy atom. The maximum Gasteiger partial charge on any atom is 0.229 e. The van der Waals surface area contributed by atoms with Gasteiger partial charge in [0.1, 0.15) is 23.2 Å². The van der Waals surface area contributed by atoms with Gasteiger partial charge in [0, 0.05) is 24.6 Å². The van der Waals surface area contributed by atoms with Gasteiger partial charge in [-0.05, 0) is 24.3 Å². The van der Waals surface area contributed by atoms with Crippen molar-refractivity contribution in [1.82, 2.24) is 9.55 Å². The summed E-state index contributed by atoms with van der Waals surface area (Å²) in [6.45, 7) is 0.561. The van der Waals surface area contributed by atoms with Crippen LogP contribution in [0.5, 0.6) is 0 Å². The lowest BCUT2D eigenvalue weighted by Gasteiger charge is -2.19. The number of nitrogens with zero attached hydrogens (tertiary/aromatic N) is 2. The molecule has 1 aromatic heterocycles. The Balaban J connectivity index is 1.63. The Morgan fingerprint density at radius 1 is 1.23 bits per heavy atom. The van der Waals surface area contributed by atoms with Gasteiger partial charge in [-0.1, -0.05) is 12.1 Å². The van der Waals surface area contributed by atoms with Crippen molar-refractivity contribution in [2.75, 3.05) is 5.32 Å². The van der Waals surface area contributed by atoms with Crippen LogP contribution in [-0.2, 0) is 11.3 Å². The first-order valence-corrected chi connectivity index (χ1v) is 8.14. The normalized spacial score (nSPS) is 13.8. The summed E-state index contributed by atoms with van der Waals surface area (Å²) in [5.41, 5.74) is 1.84. The van der Waals surface area contributed by atoms with Gasteiger partial charge in [-0.3, -0.25) is 4.79 Å². The average Bonchev–Trinajstić information content (AvgIpc) is 2.99. The number of imidazole rings is 1. The molecule has 0 unspecified atom stereocenters. The Bertz CT molecular complexity index is 1060. The van der Waals surface area contributed by atoms with Crippen LogP contribution in [0.15, 0.2) is 48.2 Å². The molecule has 132 valence electrons. The van der Waals surface area contributed by atoms with E-state index in [1.165, 1.54) is 0 Å². The fourth-order valence-electron chi connectivity index (χ4n) is 3.16. The quantitative estimate of drug-likeness (QED) is 0.746. The van der Waals surface area contributed by atoms with E-state index in [-0.39, 0.29) is 17.9 Å². The fraction of sp³-hybridized carbons (Fsp3) is 0.158. The van der Waals surface area contributed by atoms with Gasteiger partial charge in [0.2, 0.25) is 5.91 Å². The number of amides is 1. The third-order valence-corrected chi connectivity index (χ3v) is 4.38. The van der Waals surface area contributed by atoms with E-state index in [0.717, 1.165) is 29.2 Å². The van der Waals surface area contributed by atoms with Gasteiger partial charge in [-0.25, -0.2) is 13.8 Å². The summed E-state index contributed by atoms with van der Waals surface area (Å²) >= 11 is 0. The van der Waals surface area contributed by atoms with Gasteiger partial charge in [0.05, 0.1) is 23.1 Å². The molecule has 0 saturated carbocycles. The number of aromatic nitrogens is 2. The van der Waals surface area contributed by atoms with Crippen LogP contribution in [0.3, 0.4) is 0 Å². The molecule has 2 N–H and O–H groups in total. The summed E-state index contributed by atoms with van der Waals surface area (Å²) in [6.07, 6.45) is 0.190. The van der Waals surface area contributed by atoms with Crippen LogP contribution in [-0.4, -0.2) is 20.6 Å². The minimum Gasteiger partial charge on any atom is -0.512 e. The van der Waals surface area contributed by atoms with E-state index in [1.54, 1.807) is 0 Å². The highest BCUT2D eigenvalue weighted by atomic mass is 19.1. The van der Waals surface area contributed by atoms with Gasteiger partial charge in [-0.2, -0.15) is 0 Å². The van der Waals surface area contributed by atoms with Crippen molar-refractivity contribution in [1.29, 1.82) is 0 Å². The number of carbonyl (C=O) groups is 1. The number of para-hydroxylation sites is 2. The first-order valence-electron chi connectivity index (χ1n) is 8.14. The zero-order valence-corrected chi connectivity index (χ0v) is 13.7. The van der Waals surface area contributed by atoms with Crippen LogP contribution in [0.25, 0.3) is 16.6 Å². The number of hydrogen-bond donors (Lipinski definition) is 2. The molecule has 0 spiro atoms. The third kappa shape index (κ3) is 2.81. The number of anilines is 1. The van der Waals surface area contributed by atoms with E-state index in [0.29, 0.717) is 24.4 Å². The molecule has 2 aromatic carbocycles. The second-order valence-corrected chi connectivity index (χ2v) is 6.10. The molecule has 4 rings (SSSR count). The number of benzene rings is 2. The Kier molecular flexibility index (Phi) is 3.91. The van der Waals surface area contributed by atoms with Crippen molar-refractivity contribution < 1.29 is 18.7 Å². The Hall–Kier alpha value is -3.22. The van der Waals surface area contributed by atoms with Gasteiger partial charge in [0.25, 0.3) is 0 Å². The van der Waals surface area contributed by atoms with Gasteiger partial charge >= 0.3 is 0 Å². The molecule has 26 heavy (non-hydrogen) atoms. The fourth-order valence-corrected chi connectivity index (χ4v) is 3.16. The van der Waals surface area contributed by atoms with E-state index < -0.39 is 17.5 Å². The largest absolute Gasteiger partial charge is 0.512 e. The number of aliphatic hydroxyl groups excluding tert-OH is 1. The number of halogens is 2. The summed E-state index contributed by atoms with van der Waals surface area (Å²) in [7, 11) is 0. The molecule has 7 heteroatoms. The van der Waals surface area contributed by atoms with E-state index in [1.807, 2.05) is 28.8 Å². The number of hydrogen-bond acceptors (Lipinski definition) is 3. The highest BCUT2D eigenvalue weighted by Gasteiger charge is 2.24. The lowest BCUT2D eigenvalue weighted by atomic mass is 10.0. The van der Waals surface area contributed by atoms with E-state index in [9.17, 15) is 18.7 Å². The summed E-state index contributed by atoms with van der Waals surface area (Å²) in [5.74, 6) is -1.33. The zero-order chi connectivity index (χ0) is 18.3. The molecule has 0 aliphatic carbocycles. The Labute approximate surface area is 147 Å². The first kappa shape index (κ1) is 16.3. The van der Waals surface area contributed by atoms with Crippen molar-refractivity contribution in [3.05, 3.63) is 65.7 Å². The number of rotatable bonds is 3. The number of nitrogens with one attached hydrogen (secondary N) is 1. The third-order valence-electron chi connectivity index (χ3n) is 4.38. The second-order valence-electron chi connectivity index (χ2n) is 6.10. The van der Waals surface area contributed by atoms with Crippen molar-refractivity contribution in [2.45, 2.75) is 19.4 Å². The Morgan fingerprint density at radius 3 is 2.88 bits per heavy atom. The van der Waals surface area contributed by atoms with Crippen molar-refractivity contribution in [3.63, 3.8) is 0 Å². The predicted molar refractivity (Wildman–Crippen MR) is 93.5 cm³/mol. The maximum absolute atomic E-state index is 13.7. The average molecular weight is 355 g/mol. The molecule has 0 atom stereocenters. The van der Waals surface area contributed by atoms with E-state index >= 15 is 0 Å². The van der Waals surface area contributed by atoms with Crippen molar-refractivity contribution in [3.8, 4) is 0 Å². The number of aryl methyl sites for hydroxylation is 1. The van der Waals surface area contributed by atoms with Crippen LogP contribution in [0.2, 0.25) is 0 Å². The lowest BCUT2D eigenvalue weighted by molar-refractivity contribution is -0.115. The lowest BCUT2D eigenvalue weighted by Crippen LogP contribution is -2.18. The van der Waals surface area contributed by atoms with Crippen molar-refractivity contribution in [2.24, 2.45) is 0 Å². The maximum atomic E-state index is 13.7. The van der Waals surface area contributed by atoms with Gasteiger partial charge in [-0.15, -0.1) is 0 Å². The molecule has 1 amide bonds. The molecule has 2 heterocycles. The molecule has 1 aliphatic rings. The summed E-state index contributed by atoms with van der Waals surface area (Å²) in [5, 5.41) is 12.6. The predicted octanol–water partition coefficient (Wildman–Crippen LogP) is 4.02. The number of fused-ring (bicyclic) bond motifs is 3. The first-order chi connectivity index (χ1) is 12.5. The summed E-state index contributed by atoms with van der Waals surface area (Å²) < 4.78 is 28.9. The molecule has 0 bridgehead atoms. The minimum atomic E-state index is -0.728. The molecule has 0 fully saturated rings. The minimum absolute atomic E-state index is 0.0858. The van der Waals surface area contributed by atoms with Crippen LogP contribution >= 0.6 is 0 Å². The monoisotopic (exact) mass is 355 g/mol. The molecule has 1 aliphatic heterocycles. The molecule has 5 nitrogen and oxygen atoms in total. The number of aliphatic hydroxyl groups is 1. The van der Waals surface area contributed by atoms with E-state index in [2.05, 4.69) is 10.3 Å². The van der Waals surface area contributed by atoms with Crippen molar-refractivity contribution >= 4 is 28.2 Å². The second kappa shape index (κ2) is 6.25. The van der Waals surface area contributed by atoms with Crippen LogP contribution in [0.4, 0.5) is 14.5 Å². The van der Waals surface area contributed by atoms with Gasteiger partial charge in [0.15, 0.2) is 0 Å². The molecular formula is C19H15F2N3O2. The van der Waals surface area contributed by atoms with Crippen LogP contribution in [0, 0.1) is 11.6 Å². The summed E-state index contributed by atoms with van der Waals surface area (Å²) in [6, 6.07) is 10.4. The molecule has 0 radical (unpaired) electrons. The van der Waals surface area contributed by atoms with Gasteiger partial charge < -0.3 is 15.0 Å². The highest BCUT2D eigenvalue weighted by Crippen LogP contribution is 2.31. The topological polar surface area (TPSA) is 67.1 Å². The zero-order valence-electron chi connectivity index (χ0n) is 13.7. The molecular weight excluding hydrogens is 340 g/mol. The smallest absolute Gasteiger partial charge is 0.229 e.